The Morgan fingerprint density at radius 3 is 1.52 bits per heavy atom. The Morgan fingerprint density at radius 2 is 1.02 bits per heavy atom. The quantitative estimate of drug-likeness (QED) is 0.0271. The molecule has 0 aliphatic rings. The van der Waals surface area contributed by atoms with Crippen molar-refractivity contribution in [3.05, 3.63) is 11.8 Å². The van der Waals surface area contributed by atoms with Crippen LogP contribution in [0.15, 0.2) is 11.8 Å². The number of rotatable bonds is 38. The molecule has 0 bridgehead atoms. The molecule has 0 heterocycles. The highest BCUT2D eigenvalue weighted by molar-refractivity contribution is 5.86. The molecular formula is C37H67N5O12. The van der Waals surface area contributed by atoms with Crippen LogP contribution in [0, 0.1) is 0 Å². The largest absolute Gasteiger partial charge is 0.512 e. The number of carboxylic acid groups (broad SMARTS) is 1. The monoisotopic (exact) mass is 773 g/mol. The van der Waals surface area contributed by atoms with E-state index in [9.17, 15) is 39.0 Å². The molecular weight excluding hydrogens is 706 g/mol. The van der Waals surface area contributed by atoms with Crippen molar-refractivity contribution in [2.45, 2.75) is 116 Å². The number of carboxylic acids is 1. The molecule has 0 radical (unpaired) electrons. The van der Waals surface area contributed by atoms with Crippen LogP contribution < -0.4 is 27.0 Å². The van der Waals surface area contributed by atoms with Crippen molar-refractivity contribution < 1.29 is 57.9 Å². The Balaban J connectivity index is 3.70. The zero-order valence-corrected chi connectivity index (χ0v) is 32.3. The van der Waals surface area contributed by atoms with Crippen molar-refractivity contribution in [2.24, 2.45) is 5.73 Å². The number of ether oxygens (including phenoxy) is 4. The molecule has 0 aromatic rings. The molecule has 0 unspecified atom stereocenters. The third-order valence-corrected chi connectivity index (χ3v) is 7.89. The molecule has 0 spiro atoms. The molecule has 1 atom stereocenters. The number of aliphatic hydroxyl groups is 1. The number of carbonyl (C=O) groups is 6. The second-order valence-corrected chi connectivity index (χ2v) is 12.8. The van der Waals surface area contributed by atoms with Gasteiger partial charge in [-0.25, -0.2) is 4.79 Å². The fraction of sp³-hybridized carbons (Fsp3) is 0.784. The Labute approximate surface area is 320 Å². The van der Waals surface area contributed by atoms with Crippen LogP contribution in [0.2, 0.25) is 0 Å². The minimum atomic E-state index is -1.19. The van der Waals surface area contributed by atoms with Gasteiger partial charge in [0.05, 0.1) is 45.4 Å². The maximum atomic E-state index is 12.3. The van der Waals surface area contributed by atoms with E-state index in [1.807, 2.05) is 6.92 Å². The third-order valence-electron chi connectivity index (χ3n) is 7.89. The van der Waals surface area contributed by atoms with E-state index >= 15 is 0 Å². The van der Waals surface area contributed by atoms with Gasteiger partial charge in [-0.1, -0.05) is 64.7 Å². The molecule has 54 heavy (non-hydrogen) atoms. The number of unbranched alkanes of at least 4 members (excludes halogenated alkanes) is 10. The smallest absolute Gasteiger partial charge is 0.326 e. The molecule has 312 valence electrons. The van der Waals surface area contributed by atoms with Gasteiger partial charge in [0.15, 0.2) is 0 Å². The van der Waals surface area contributed by atoms with Gasteiger partial charge in [-0.2, -0.15) is 0 Å². The van der Waals surface area contributed by atoms with Crippen molar-refractivity contribution >= 4 is 35.5 Å². The summed E-state index contributed by atoms with van der Waals surface area (Å²) in [6.07, 6.45) is 13.3. The maximum absolute atomic E-state index is 12.3. The van der Waals surface area contributed by atoms with Crippen LogP contribution in [0.3, 0.4) is 0 Å². The number of aliphatic hydroxyl groups excluding tert-OH is 1. The van der Waals surface area contributed by atoms with Crippen LogP contribution in [-0.4, -0.2) is 124 Å². The normalized spacial score (nSPS) is 11.8. The first-order chi connectivity index (χ1) is 26.0. The van der Waals surface area contributed by atoms with Crippen molar-refractivity contribution in [3.63, 3.8) is 0 Å². The number of amides is 5. The summed E-state index contributed by atoms with van der Waals surface area (Å²) in [4.78, 5) is 70.0. The predicted octanol–water partition coefficient (Wildman–Crippen LogP) is 2.16. The van der Waals surface area contributed by atoms with Gasteiger partial charge in [-0.05, 0) is 25.7 Å². The van der Waals surface area contributed by atoms with E-state index in [0.29, 0.717) is 39.1 Å². The lowest BCUT2D eigenvalue weighted by Crippen LogP contribution is -2.41. The lowest BCUT2D eigenvalue weighted by atomic mass is 10.0. The number of aliphatic carboxylic acids is 1. The number of hydrogen-bond donors (Lipinski definition) is 7. The number of primary amides is 1. The van der Waals surface area contributed by atoms with Gasteiger partial charge in [-0.3, -0.25) is 24.0 Å². The van der Waals surface area contributed by atoms with Crippen LogP contribution in [-0.2, 0) is 47.7 Å². The molecule has 5 amide bonds. The molecule has 0 aromatic carbocycles. The lowest BCUT2D eigenvalue weighted by molar-refractivity contribution is -0.142. The Morgan fingerprint density at radius 1 is 0.556 bits per heavy atom. The Hall–Kier alpha value is -3.80. The average Bonchev–Trinajstić information content (AvgIpc) is 3.12. The summed E-state index contributed by atoms with van der Waals surface area (Å²) in [7, 11) is 0. The molecule has 0 fully saturated rings. The van der Waals surface area contributed by atoms with Gasteiger partial charge in [-0.15, -0.1) is 0 Å². The molecule has 0 saturated carbocycles. The number of hydrogen-bond acceptors (Lipinski definition) is 11. The van der Waals surface area contributed by atoms with E-state index in [4.69, 9.17) is 24.7 Å². The maximum Gasteiger partial charge on any atom is 0.326 e. The molecule has 0 aliphatic heterocycles. The highest BCUT2D eigenvalue weighted by atomic mass is 16.5. The topological polar surface area (TPSA) is 254 Å². The van der Waals surface area contributed by atoms with E-state index in [1.165, 1.54) is 0 Å². The molecule has 0 rings (SSSR count). The van der Waals surface area contributed by atoms with E-state index in [1.54, 1.807) is 0 Å². The summed E-state index contributed by atoms with van der Waals surface area (Å²) in [6.45, 7) is 4.51. The van der Waals surface area contributed by atoms with Crippen LogP contribution in [0.1, 0.15) is 110 Å². The van der Waals surface area contributed by atoms with Crippen LogP contribution in [0.4, 0.5) is 0 Å². The molecule has 0 aliphatic carbocycles. The highest BCUT2D eigenvalue weighted by Gasteiger charge is 2.20. The first-order valence-electron chi connectivity index (χ1n) is 19.4. The summed E-state index contributed by atoms with van der Waals surface area (Å²) in [5.41, 5.74) is 5.00. The van der Waals surface area contributed by atoms with Gasteiger partial charge in [0, 0.05) is 45.0 Å². The van der Waals surface area contributed by atoms with Crippen molar-refractivity contribution in [3.8, 4) is 0 Å². The standard InChI is InChI=1S/C37H67N5O12/c1-2-3-18-39-35(47)28-53-25-24-52-22-20-41-36(48)29-54-26-23-51-21-19-40-33(45)17-16-31(37(49)50)42-34(46)15-13-11-9-7-5-4-6-8-10-12-14-30(43)27-32(38)44/h27,31,43H,2-26,28-29H2,1H3,(H2,38,44)(H,39,47)(H,40,45)(H,41,48)(H,42,46)(H,49,50)/b30-27-/t31-/m0/s1. The number of nitrogens with one attached hydrogen (secondary N) is 4. The molecule has 0 saturated heterocycles. The second-order valence-electron chi connectivity index (χ2n) is 12.8. The van der Waals surface area contributed by atoms with Crippen LogP contribution in [0.25, 0.3) is 0 Å². The first-order valence-corrected chi connectivity index (χ1v) is 19.4. The van der Waals surface area contributed by atoms with Gasteiger partial charge in [0.2, 0.25) is 29.5 Å². The number of carbonyl (C=O) groups excluding carboxylic acids is 5. The van der Waals surface area contributed by atoms with Crippen LogP contribution in [0.5, 0.6) is 0 Å². The van der Waals surface area contributed by atoms with Crippen molar-refractivity contribution in [1.82, 2.24) is 21.3 Å². The summed E-state index contributed by atoms with van der Waals surface area (Å²) in [5, 5.41) is 29.5. The second kappa shape index (κ2) is 36.2. The Kier molecular flexibility index (Phi) is 33.6. The fourth-order valence-corrected chi connectivity index (χ4v) is 4.93. The van der Waals surface area contributed by atoms with E-state index in [-0.39, 0.29) is 94.8 Å². The van der Waals surface area contributed by atoms with Gasteiger partial charge >= 0.3 is 5.97 Å². The number of allylic oxidation sites excluding steroid dienone is 1. The number of nitrogens with two attached hydrogens (primary N) is 1. The van der Waals surface area contributed by atoms with Crippen LogP contribution >= 0.6 is 0 Å². The molecule has 17 nitrogen and oxygen atoms in total. The van der Waals surface area contributed by atoms with E-state index < -0.39 is 17.9 Å². The summed E-state index contributed by atoms with van der Waals surface area (Å²) >= 11 is 0. The summed E-state index contributed by atoms with van der Waals surface area (Å²) in [5.74, 6) is -2.97. The minimum Gasteiger partial charge on any atom is -0.512 e. The fourth-order valence-electron chi connectivity index (χ4n) is 4.93. The zero-order valence-electron chi connectivity index (χ0n) is 32.3. The molecule has 17 heteroatoms. The predicted molar refractivity (Wildman–Crippen MR) is 201 cm³/mol. The van der Waals surface area contributed by atoms with Crippen molar-refractivity contribution in [1.29, 1.82) is 0 Å². The minimum absolute atomic E-state index is 0.0127. The Bertz CT molecular complexity index is 1080. The van der Waals surface area contributed by atoms with Crippen molar-refractivity contribution in [2.75, 3.05) is 72.5 Å². The average molecular weight is 774 g/mol. The molecule has 0 aromatic heterocycles. The SMILES string of the molecule is CCCCNC(=O)COCCOCCNC(=O)COCCOCCNC(=O)CC[C@H](NC(=O)CCCCCCCCCCCC/C(O)=C/C(N)=O)C(=O)O. The first kappa shape index (κ1) is 50.2. The zero-order chi connectivity index (χ0) is 40.1. The van der Waals surface area contributed by atoms with Gasteiger partial charge in [0.1, 0.15) is 19.3 Å². The van der Waals surface area contributed by atoms with Gasteiger partial charge < -0.3 is 56.2 Å². The third kappa shape index (κ3) is 35.2. The summed E-state index contributed by atoms with van der Waals surface area (Å²) in [6, 6.07) is -1.15. The summed E-state index contributed by atoms with van der Waals surface area (Å²) < 4.78 is 21.2. The molecule has 8 N–H and O–H groups in total. The van der Waals surface area contributed by atoms with E-state index in [2.05, 4.69) is 21.3 Å². The van der Waals surface area contributed by atoms with Gasteiger partial charge in [0.25, 0.3) is 0 Å². The van der Waals surface area contributed by atoms with E-state index in [0.717, 1.165) is 76.7 Å². The lowest BCUT2D eigenvalue weighted by Gasteiger charge is -2.14. The highest BCUT2D eigenvalue weighted by Crippen LogP contribution is 2.13.